The molecule has 2 aromatic carbocycles. The average molecular weight is 383 g/mol. The number of anilines is 1. The second-order valence-corrected chi connectivity index (χ2v) is 7.81. The molecule has 0 atom stereocenters. The van der Waals surface area contributed by atoms with E-state index in [0.717, 1.165) is 21.3 Å². The van der Waals surface area contributed by atoms with Gasteiger partial charge in [0.15, 0.2) is 5.78 Å². The molecule has 0 saturated carbocycles. The van der Waals surface area contributed by atoms with E-state index in [-0.39, 0.29) is 11.7 Å². The second-order valence-electron chi connectivity index (χ2n) is 5.73. The van der Waals surface area contributed by atoms with Crippen molar-refractivity contribution in [1.29, 1.82) is 0 Å². The van der Waals surface area contributed by atoms with E-state index in [9.17, 15) is 9.59 Å². The third-order valence-electron chi connectivity index (χ3n) is 3.72. The lowest BCUT2D eigenvalue weighted by Crippen LogP contribution is -2.13. The monoisotopic (exact) mass is 382 g/mol. The number of rotatable bonds is 6. The Morgan fingerprint density at radius 2 is 1.85 bits per heavy atom. The van der Waals surface area contributed by atoms with Gasteiger partial charge in [0.1, 0.15) is 0 Å². The zero-order valence-electron chi connectivity index (χ0n) is 14.5. The third kappa shape index (κ3) is 4.59. The number of Topliss-reactive ketones (excluding diaryl/α,β-unsaturated/α-hetero) is 1. The van der Waals surface area contributed by atoms with Crippen molar-refractivity contribution in [3.05, 3.63) is 75.7 Å². The van der Waals surface area contributed by atoms with Crippen LogP contribution in [0.15, 0.2) is 58.8 Å². The van der Waals surface area contributed by atoms with Crippen molar-refractivity contribution in [2.24, 2.45) is 0 Å². The van der Waals surface area contributed by atoms with Gasteiger partial charge in [0.25, 0.3) is 5.91 Å². The molecule has 3 aromatic rings. The lowest BCUT2D eigenvalue weighted by atomic mass is 10.1. The van der Waals surface area contributed by atoms with E-state index in [0.29, 0.717) is 16.8 Å². The van der Waals surface area contributed by atoms with Gasteiger partial charge in [-0.1, -0.05) is 12.1 Å². The number of benzene rings is 2. The summed E-state index contributed by atoms with van der Waals surface area (Å²) in [5.41, 5.74) is 2.93. The van der Waals surface area contributed by atoms with Gasteiger partial charge in [-0.15, -0.1) is 23.1 Å². The van der Waals surface area contributed by atoms with Gasteiger partial charge in [0.05, 0.1) is 16.3 Å². The number of hydrogen-bond acceptors (Lipinski definition) is 5. The molecule has 26 heavy (non-hydrogen) atoms. The number of nitrogens with one attached hydrogen (secondary N) is 1. The number of hydrogen-bond donors (Lipinski definition) is 1. The van der Waals surface area contributed by atoms with Crippen LogP contribution in [0.1, 0.15) is 38.3 Å². The Kier molecular flexibility index (Phi) is 5.85. The first-order valence-electron chi connectivity index (χ1n) is 8.08. The first-order chi connectivity index (χ1) is 12.5. The van der Waals surface area contributed by atoms with Crippen LogP contribution in [0.25, 0.3) is 0 Å². The summed E-state index contributed by atoms with van der Waals surface area (Å²) in [5, 5.41) is 5.98. The number of amides is 1. The number of ketones is 1. The van der Waals surface area contributed by atoms with Crippen LogP contribution in [0, 0.1) is 6.92 Å². The van der Waals surface area contributed by atoms with Crippen molar-refractivity contribution < 1.29 is 9.59 Å². The predicted octanol–water partition coefficient (Wildman–Crippen LogP) is 5.20. The molecule has 1 amide bonds. The Labute approximate surface area is 160 Å². The molecule has 1 aromatic heterocycles. The Morgan fingerprint density at radius 1 is 1.12 bits per heavy atom. The molecule has 1 heterocycles. The Hall–Kier alpha value is -2.44. The summed E-state index contributed by atoms with van der Waals surface area (Å²) >= 11 is 3.22. The zero-order chi connectivity index (χ0) is 18.5. The van der Waals surface area contributed by atoms with E-state index in [1.165, 1.54) is 6.92 Å². The van der Waals surface area contributed by atoms with Crippen molar-refractivity contribution in [1.82, 2.24) is 4.98 Å². The van der Waals surface area contributed by atoms with Crippen LogP contribution < -0.4 is 5.32 Å². The quantitative estimate of drug-likeness (QED) is 0.470. The number of thiazole rings is 1. The molecule has 0 spiro atoms. The summed E-state index contributed by atoms with van der Waals surface area (Å²) in [5.74, 6) is 0.558. The molecule has 0 unspecified atom stereocenters. The van der Waals surface area contributed by atoms with Gasteiger partial charge in [-0.2, -0.15) is 0 Å². The summed E-state index contributed by atoms with van der Waals surface area (Å²) in [6.07, 6.45) is 0. The molecular weight excluding hydrogens is 364 g/mol. The Morgan fingerprint density at radius 3 is 2.50 bits per heavy atom. The molecule has 0 aliphatic rings. The molecule has 0 radical (unpaired) electrons. The van der Waals surface area contributed by atoms with E-state index in [4.69, 9.17) is 0 Å². The molecule has 0 aliphatic carbocycles. The molecule has 4 nitrogen and oxygen atoms in total. The highest BCUT2D eigenvalue weighted by molar-refractivity contribution is 7.98. The van der Waals surface area contributed by atoms with E-state index in [1.54, 1.807) is 47.4 Å². The van der Waals surface area contributed by atoms with Crippen LogP contribution in [0.2, 0.25) is 0 Å². The van der Waals surface area contributed by atoms with Crippen LogP contribution >= 0.6 is 23.1 Å². The topological polar surface area (TPSA) is 59.1 Å². The van der Waals surface area contributed by atoms with Crippen LogP contribution in [0.3, 0.4) is 0 Å². The van der Waals surface area contributed by atoms with Gasteiger partial charge in [0, 0.05) is 27.3 Å². The van der Waals surface area contributed by atoms with E-state index >= 15 is 0 Å². The molecular formula is C20H18N2O2S2. The van der Waals surface area contributed by atoms with Crippen molar-refractivity contribution in [3.63, 3.8) is 0 Å². The van der Waals surface area contributed by atoms with E-state index in [2.05, 4.69) is 10.3 Å². The zero-order valence-corrected chi connectivity index (χ0v) is 16.1. The summed E-state index contributed by atoms with van der Waals surface area (Å²) in [6, 6.07) is 14.4. The maximum absolute atomic E-state index is 12.7. The van der Waals surface area contributed by atoms with Gasteiger partial charge in [-0.05, 0) is 50.2 Å². The molecule has 132 valence electrons. The van der Waals surface area contributed by atoms with Gasteiger partial charge in [-0.25, -0.2) is 4.98 Å². The highest BCUT2D eigenvalue weighted by Crippen LogP contribution is 2.27. The number of thioether (sulfide) groups is 1. The highest BCUT2D eigenvalue weighted by atomic mass is 32.2. The SMILES string of the molecule is CC(=O)c1ccc(NC(=O)c2ccccc2SCc2csc(C)n2)cc1. The minimum Gasteiger partial charge on any atom is -0.322 e. The fourth-order valence-corrected chi connectivity index (χ4v) is 4.05. The smallest absolute Gasteiger partial charge is 0.256 e. The van der Waals surface area contributed by atoms with Crippen LogP contribution in [-0.2, 0) is 5.75 Å². The standard InChI is InChI=1S/C20H18N2O2S2/c1-13(23)15-7-9-16(10-8-15)22-20(24)18-5-3-4-6-19(18)26-12-17-11-25-14(2)21-17/h3-11H,12H2,1-2H3,(H,22,24). The fraction of sp³-hybridized carbons (Fsp3) is 0.150. The minimum absolute atomic E-state index is 0.00176. The maximum Gasteiger partial charge on any atom is 0.256 e. The molecule has 0 fully saturated rings. The lowest BCUT2D eigenvalue weighted by Gasteiger charge is -2.10. The molecule has 0 bridgehead atoms. The molecule has 3 rings (SSSR count). The van der Waals surface area contributed by atoms with Crippen molar-refractivity contribution in [2.45, 2.75) is 24.5 Å². The molecule has 0 aliphatic heterocycles. The number of carbonyl (C=O) groups is 2. The second kappa shape index (κ2) is 8.29. The van der Waals surface area contributed by atoms with Crippen molar-refractivity contribution in [2.75, 3.05) is 5.32 Å². The largest absolute Gasteiger partial charge is 0.322 e. The van der Waals surface area contributed by atoms with Gasteiger partial charge < -0.3 is 5.32 Å². The van der Waals surface area contributed by atoms with Crippen LogP contribution in [-0.4, -0.2) is 16.7 Å². The number of carbonyl (C=O) groups excluding carboxylic acids is 2. The fourth-order valence-electron chi connectivity index (χ4n) is 2.39. The summed E-state index contributed by atoms with van der Waals surface area (Å²) in [7, 11) is 0. The first-order valence-corrected chi connectivity index (χ1v) is 9.94. The van der Waals surface area contributed by atoms with Gasteiger partial charge >= 0.3 is 0 Å². The average Bonchev–Trinajstić information content (AvgIpc) is 3.06. The molecule has 0 saturated heterocycles. The molecule has 6 heteroatoms. The Balaban J connectivity index is 1.71. The van der Waals surface area contributed by atoms with Gasteiger partial charge in [0.2, 0.25) is 0 Å². The summed E-state index contributed by atoms with van der Waals surface area (Å²) < 4.78 is 0. The number of aryl methyl sites for hydroxylation is 1. The van der Waals surface area contributed by atoms with Crippen molar-refractivity contribution >= 4 is 40.5 Å². The lowest BCUT2D eigenvalue weighted by molar-refractivity contribution is 0.101. The number of nitrogens with zero attached hydrogens (tertiary/aromatic N) is 1. The predicted molar refractivity (Wildman–Crippen MR) is 107 cm³/mol. The van der Waals surface area contributed by atoms with Crippen LogP contribution in [0.4, 0.5) is 5.69 Å². The minimum atomic E-state index is -0.168. The first kappa shape index (κ1) is 18.4. The summed E-state index contributed by atoms with van der Waals surface area (Å²) in [6.45, 7) is 3.50. The van der Waals surface area contributed by atoms with Crippen LogP contribution in [0.5, 0.6) is 0 Å². The molecule has 1 N–H and O–H groups in total. The van der Waals surface area contributed by atoms with E-state index < -0.39 is 0 Å². The highest BCUT2D eigenvalue weighted by Gasteiger charge is 2.12. The third-order valence-corrected chi connectivity index (χ3v) is 5.65. The summed E-state index contributed by atoms with van der Waals surface area (Å²) in [4.78, 5) is 29.4. The van der Waals surface area contributed by atoms with Crippen molar-refractivity contribution in [3.8, 4) is 0 Å². The van der Waals surface area contributed by atoms with E-state index in [1.807, 2.05) is 36.6 Å². The normalized spacial score (nSPS) is 10.5. The van der Waals surface area contributed by atoms with Gasteiger partial charge in [-0.3, -0.25) is 9.59 Å². The maximum atomic E-state index is 12.7. The number of aromatic nitrogens is 1. The Bertz CT molecular complexity index is 933.